The van der Waals surface area contributed by atoms with Gasteiger partial charge in [-0.3, -0.25) is 0 Å². The number of aliphatic hydroxyl groups excluding tert-OH is 1. The third-order valence-electron chi connectivity index (χ3n) is 4.04. The van der Waals surface area contributed by atoms with Gasteiger partial charge in [-0.1, -0.05) is 6.42 Å². The van der Waals surface area contributed by atoms with Crippen molar-refractivity contribution in [2.45, 2.75) is 37.8 Å². The van der Waals surface area contributed by atoms with Gasteiger partial charge < -0.3 is 15.7 Å². The number of rotatable bonds is 5. The fourth-order valence-corrected chi connectivity index (χ4v) is 3.61. The predicted octanol–water partition coefficient (Wildman–Crippen LogP) is 1.08. The Morgan fingerprint density at radius 2 is 2.33 bits per heavy atom. The largest absolute Gasteiger partial charge is 0.391 e. The minimum Gasteiger partial charge on any atom is -0.391 e. The Morgan fingerprint density at radius 1 is 1.44 bits per heavy atom. The van der Waals surface area contributed by atoms with E-state index in [-0.39, 0.29) is 6.10 Å². The smallest absolute Gasteiger partial charge is 0.0959 e. The van der Waals surface area contributed by atoms with Gasteiger partial charge in [0, 0.05) is 49.1 Å². The van der Waals surface area contributed by atoms with Crippen LogP contribution >= 0.6 is 11.3 Å². The summed E-state index contributed by atoms with van der Waals surface area (Å²) >= 11 is 1.85. The van der Waals surface area contributed by atoms with Crippen molar-refractivity contribution in [3.63, 3.8) is 0 Å². The first kappa shape index (κ1) is 12.5. The van der Waals surface area contributed by atoms with Crippen molar-refractivity contribution < 1.29 is 5.11 Å². The van der Waals surface area contributed by atoms with E-state index in [1.807, 2.05) is 17.5 Å². The lowest BCUT2D eigenvalue weighted by atomic mass is 9.86. The van der Waals surface area contributed by atoms with Crippen molar-refractivity contribution >= 4 is 11.3 Å². The van der Waals surface area contributed by atoms with Crippen molar-refractivity contribution in [3.05, 3.63) is 16.1 Å². The molecule has 100 valence electrons. The Kier molecular flexibility index (Phi) is 3.94. The second-order valence-electron chi connectivity index (χ2n) is 5.41. The first-order valence-corrected chi connectivity index (χ1v) is 7.68. The van der Waals surface area contributed by atoms with Crippen molar-refractivity contribution in [2.24, 2.45) is 5.92 Å². The zero-order valence-corrected chi connectivity index (χ0v) is 11.4. The molecule has 1 aliphatic carbocycles. The van der Waals surface area contributed by atoms with Crippen LogP contribution in [0.1, 0.15) is 35.1 Å². The SMILES string of the molecule is OC1CNCC1CNCc1cnc(C2CCC2)s1. The minimum absolute atomic E-state index is 0.190. The van der Waals surface area contributed by atoms with Crippen molar-refractivity contribution in [2.75, 3.05) is 19.6 Å². The van der Waals surface area contributed by atoms with E-state index < -0.39 is 0 Å². The molecule has 0 spiro atoms. The highest BCUT2D eigenvalue weighted by molar-refractivity contribution is 7.11. The van der Waals surface area contributed by atoms with Crippen LogP contribution in [0, 0.1) is 5.92 Å². The summed E-state index contributed by atoms with van der Waals surface area (Å²) in [5, 5.41) is 17.6. The average Bonchev–Trinajstić information content (AvgIpc) is 2.87. The van der Waals surface area contributed by atoms with Gasteiger partial charge in [-0.15, -0.1) is 11.3 Å². The second kappa shape index (κ2) is 5.65. The van der Waals surface area contributed by atoms with Crippen LogP contribution in [-0.2, 0) is 6.54 Å². The molecule has 2 atom stereocenters. The maximum absolute atomic E-state index is 9.69. The molecule has 2 heterocycles. The number of aromatic nitrogens is 1. The normalized spacial score (nSPS) is 28.5. The number of β-amino-alcohol motifs (C(OH)–C–C–N with tert-alkyl or cyclic N) is 1. The molecule has 2 unspecified atom stereocenters. The molecule has 0 bridgehead atoms. The Balaban J connectivity index is 1.43. The molecule has 1 saturated carbocycles. The number of hydrogen-bond donors (Lipinski definition) is 3. The lowest BCUT2D eigenvalue weighted by Crippen LogP contribution is -2.29. The molecule has 4 nitrogen and oxygen atoms in total. The quantitative estimate of drug-likeness (QED) is 0.747. The van der Waals surface area contributed by atoms with Gasteiger partial charge in [-0.05, 0) is 12.8 Å². The number of thiazole rings is 1. The third-order valence-corrected chi connectivity index (χ3v) is 5.20. The molecule has 0 radical (unpaired) electrons. The third kappa shape index (κ3) is 2.74. The van der Waals surface area contributed by atoms with Crippen LogP contribution in [-0.4, -0.2) is 35.8 Å². The maximum Gasteiger partial charge on any atom is 0.0959 e. The topological polar surface area (TPSA) is 57.2 Å². The van der Waals surface area contributed by atoms with Crippen molar-refractivity contribution in [1.82, 2.24) is 15.6 Å². The van der Waals surface area contributed by atoms with Gasteiger partial charge in [0.25, 0.3) is 0 Å². The second-order valence-corrected chi connectivity index (χ2v) is 6.56. The summed E-state index contributed by atoms with van der Waals surface area (Å²) in [6.45, 7) is 3.42. The van der Waals surface area contributed by atoms with E-state index in [1.54, 1.807) is 0 Å². The molecule has 2 aliphatic rings. The van der Waals surface area contributed by atoms with Crippen LogP contribution in [0.5, 0.6) is 0 Å². The monoisotopic (exact) mass is 267 g/mol. The van der Waals surface area contributed by atoms with Crippen LogP contribution in [0.2, 0.25) is 0 Å². The maximum atomic E-state index is 9.69. The predicted molar refractivity (Wildman–Crippen MR) is 72.8 cm³/mol. The summed E-state index contributed by atoms with van der Waals surface area (Å²) in [5.41, 5.74) is 0. The van der Waals surface area contributed by atoms with E-state index in [2.05, 4.69) is 15.6 Å². The van der Waals surface area contributed by atoms with Crippen LogP contribution in [0.25, 0.3) is 0 Å². The number of nitrogens with one attached hydrogen (secondary N) is 2. The molecule has 5 heteroatoms. The summed E-state index contributed by atoms with van der Waals surface area (Å²) in [7, 11) is 0. The van der Waals surface area contributed by atoms with Gasteiger partial charge in [0.05, 0.1) is 11.1 Å². The van der Waals surface area contributed by atoms with E-state index in [4.69, 9.17) is 0 Å². The van der Waals surface area contributed by atoms with Gasteiger partial charge in [-0.2, -0.15) is 0 Å². The van der Waals surface area contributed by atoms with Gasteiger partial charge in [0.2, 0.25) is 0 Å². The summed E-state index contributed by atoms with van der Waals surface area (Å²) in [5.74, 6) is 1.09. The Labute approximate surface area is 112 Å². The van der Waals surface area contributed by atoms with Gasteiger partial charge in [0.1, 0.15) is 0 Å². The first-order valence-electron chi connectivity index (χ1n) is 6.87. The molecular weight excluding hydrogens is 246 g/mol. The molecule has 0 aromatic carbocycles. The average molecular weight is 267 g/mol. The van der Waals surface area contributed by atoms with Crippen molar-refractivity contribution in [3.8, 4) is 0 Å². The highest BCUT2D eigenvalue weighted by Crippen LogP contribution is 2.38. The van der Waals surface area contributed by atoms with E-state index in [1.165, 1.54) is 29.1 Å². The molecule has 3 N–H and O–H groups in total. The summed E-state index contributed by atoms with van der Waals surface area (Å²) in [6.07, 6.45) is 5.82. The zero-order chi connectivity index (χ0) is 12.4. The van der Waals surface area contributed by atoms with E-state index in [0.29, 0.717) is 5.92 Å². The number of hydrogen-bond acceptors (Lipinski definition) is 5. The molecule has 1 saturated heterocycles. The molecule has 1 aliphatic heterocycles. The summed E-state index contributed by atoms with van der Waals surface area (Å²) in [6, 6.07) is 0. The lowest BCUT2D eigenvalue weighted by molar-refractivity contribution is 0.146. The molecule has 2 fully saturated rings. The first-order chi connectivity index (χ1) is 8.83. The molecule has 3 rings (SSSR count). The van der Waals surface area contributed by atoms with Crippen LogP contribution < -0.4 is 10.6 Å². The Morgan fingerprint density at radius 3 is 3.00 bits per heavy atom. The molecule has 1 aromatic rings. The van der Waals surface area contributed by atoms with E-state index in [9.17, 15) is 5.11 Å². The minimum atomic E-state index is -0.190. The lowest BCUT2D eigenvalue weighted by Gasteiger charge is -2.22. The molecule has 1 aromatic heterocycles. The van der Waals surface area contributed by atoms with Crippen molar-refractivity contribution in [1.29, 1.82) is 0 Å². The molecular formula is C13H21N3OS. The Bertz CT molecular complexity index is 391. The van der Waals surface area contributed by atoms with Crippen LogP contribution in [0.15, 0.2) is 6.20 Å². The summed E-state index contributed by atoms with van der Waals surface area (Å²) < 4.78 is 0. The molecule has 0 amide bonds. The zero-order valence-electron chi connectivity index (χ0n) is 10.6. The van der Waals surface area contributed by atoms with Gasteiger partial charge in [-0.25, -0.2) is 4.98 Å². The van der Waals surface area contributed by atoms with E-state index in [0.717, 1.165) is 32.1 Å². The van der Waals surface area contributed by atoms with Crippen LogP contribution in [0.3, 0.4) is 0 Å². The summed E-state index contributed by atoms with van der Waals surface area (Å²) in [4.78, 5) is 5.84. The standard InChI is InChI=1S/C13H21N3OS/c17-12-8-15-5-10(12)4-14-6-11-7-16-13(18-11)9-2-1-3-9/h7,9-10,12,14-15,17H,1-6,8H2. The fraction of sp³-hybridized carbons (Fsp3) is 0.769. The highest BCUT2D eigenvalue weighted by Gasteiger charge is 2.24. The highest BCUT2D eigenvalue weighted by atomic mass is 32.1. The number of nitrogens with zero attached hydrogens (tertiary/aromatic N) is 1. The number of aliphatic hydroxyl groups is 1. The van der Waals surface area contributed by atoms with E-state index >= 15 is 0 Å². The molecule has 18 heavy (non-hydrogen) atoms. The van der Waals surface area contributed by atoms with Gasteiger partial charge in [0.15, 0.2) is 0 Å². The fourth-order valence-electron chi connectivity index (χ4n) is 2.56. The van der Waals surface area contributed by atoms with Gasteiger partial charge >= 0.3 is 0 Å². The van der Waals surface area contributed by atoms with Crippen LogP contribution in [0.4, 0.5) is 0 Å². The Hall–Kier alpha value is -0.490.